The van der Waals surface area contributed by atoms with Crippen molar-refractivity contribution in [2.24, 2.45) is 5.73 Å². The standard InChI is InChI=1S/C16H14ClFN4/c17-12-2-1-3-14(9-12)22-16(15(10-19)20-21-22)8-11-4-6-13(18)7-5-11/h1-7,9H,8,10,19H2. The van der Waals surface area contributed by atoms with Gasteiger partial charge in [0.25, 0.3) is 0 Å². The topological polar surface area (TPSA) is 56.7 Å². The van der Waals surface area contributed by atoms with E-state index in [2.05, 4.69) is 10.3 Å². The molecule has 0 aliphatic rings. The first kappa shape index (κ1) is 14.7. The number of hydrogen-bond acceptors (Lipinski definition) is 3. The molecular formula is C16H14ClFN4. The molecule has 3 aromatic rings. The molecule has 4 nitrogen and oxygen atoms in total. The lowest BCUT2D eigenvalue weighted by Crippen LogP contribution is -2.07. The number of hydrogen-bond donors (Lipinski definition) is 1. The predicted octanol–water partition coefficient (Wildman–Crippen LogP) is 3.11. The lowest BCUT2D eigenvalue weighted by atomic mass is 10.1. The monoisotopic (exact) mass is 316 g/mol. The van der Waals surface area contributed by atoms with Crippen LogP contribution in [0.4, 0.5) is 4.39 Å². The molecule has 0 bridgehead atoms. The van der Waals surface area contributed by atoms with Gasteiger partial charge in [0.1, 0.15) is 11.5 Å². The molecule has 0 radical (unpaired) electrons. The number of halogens is 2. The minimum atomic E-state index is -0.260. The van der Waals surface area contributed by atoms with E-state index in [0.717, 1.165) is 16.9 Å². The Morgan fingerprint density at radius 3 is 2.59 bits per heavy atom. The molecular weight excluding hydrogens is 303 g/mol. The molecule has 0 saturated carbocycles. The van der Waals surface area contributed by atoms with Crippen LogP contribution in [-0.4, -0.2) is 15.0 Å². The molecule has 3 rings (SSSR count). The van der Waals surface area contributed by atoms with E-state index >= 15 is 0 Å². The Morgan fingerprint density at radius 2 is 1.91 bits per heavy atom. The van der Waals surface area contributed by atoms with Gasteiger partial charge in [-0.15, -0.1) is 5.10 Å². The molecule has 6 heteroatoms. The third kappa shape index (κ3) is 3.00. The SMILES string of the molecule is NCc1nnn(-c2cccc(Cl)c2)c1Cc1ccc(F)cc1. The quantitative estimate of drug-likeness (QED) is 0.804. The van der Waals surface area contributed by atoms with Crippen molar-refractivity contribution in [3.05, 3.63) is 76.3 Å². The lowest BCUT2D eigenvalue weighted by Gasteiger charge is -2.08. The molecule has 2 aromatic carbocycles. The average Bonchev–Trinajstić information content (AvgIpc) is 2.92. The Balaban J connectivity index is 2.02. The van der Waals surface area contributed by atoms with Gasteiger partial charge in [-0.25, -0.2) is 9.07 Å². The van der Waals surface area contributed by atoms with Crippen molar-refractivity contribution in [3.63, 3.8) is 0 Å². The molecule has 1 aromatic heterocycles. The normalized spacial score (nSPS) is 10.9. The molecule has 0 aliphatic carbocycles. The molecule has 0 saturated heterocycles. The Bertz CT molecular complexity index is 783. The first-order valence-corrected chi connectivity index (χ1v) is 7.19. The molecule has 0 spiro atoms. The van der Waals surface area contributed by atoms with E-state index < -0.39 is 0 Å². The fourth-order valence-corrected chi connectivity index (χ4v) is 2.46. The highest BCUT2D eigenvalue weighted by Crippen LogP contribution is 2.19. The lowest BCUT2D eigenvalue weighted by molar-refractivity contribution is 0.627. The van der Waals surface area contributed by atoms with Crippen molar-refractivity contribution in [3.8, 4) is 5.69 Å². The summed E-state index contributed by atoms with van der Waals surface area (Å²) >= 11 is 6.04. The number of aromatic nitrogens is 3. The van der Waals surface area contributed by atoms with Gasteiger partial charge >= 0.3 is 0 Å². The van der Waals surface area contributed by atoms with Crippen LogP contribution in [-0.2, 0) is 13.0 Å². The van der Waals surface area contributed by atoms with E-state index in [9.17, 15) is 4.39 Å². The van der Waals surface area contributed by atoms with Gasteiger partial charge in [0.2, 0.25) is 0 Å². The van der Waals surface area contributed by atoms with Crippen molar-refractivity contribution in [1.82, 2.24) is 15.0 Å². The third-order valence-electron chi connectivity index (χ3n) is 3.37. The van der Waals surface area contributed by atoms with E-state index in [1.165, 1.54) is 12.1 Å². The molecule has 2 N–H and O–H groups in total. The van der Waals surface area contributed by atoms with Crippen molar-refractivity contribution in [2.45, 2.75) is 13.0 Å². The molecule has 1 heterocycles. The molecule has 0 fully saturated rings. The molecule has 0 unspecified atom stereocenters. The van der Waals surface area contributed by atoms with Crippen LogP contribution < -0.4 is 5.73 Å². The summed E-state index contributed by atoms with van der Waals surface area (Å²) in [7, 11) is 0. The second-order valence-electron chi connectivity index (χ2n) is 4.88. The van der Waals surface area contributed by atoms with Crippen molar-refractivity contribution < 1.29 is 4.39 Å². The summed E-state index contributed by atoms with van der Waals surface area (Å²) in [5.74, 6) is -0.260. The van der Waals surface area contributed by atoms with Gasteiger partial charge in [0, 0.05) is 18.0 Å². The fourth-order valence-electron chi connectivity index (χ4n) is 2.28. The van der Waals surface area contributed by atoms with Crippen molar-refractivity contribution >= 4 is 11.6 Å². The van der Waals surface area contributed by atoms with Crippen LogP contribution >= 0.6 is 11.6 Å². The average molecular weight is 317 g/mol. The van der Waals surface area contributed by atoms with Gasteiger partial charge in [0.05, 0.1) is 11.4 Å². The summed E-state index contributed by atoms with van der Waals surface area (Å²) < 4.78 is 14.8. The van der Waals surface area contributed by atoms with Crippen LogP contribution in [0.3, 0.4) is 0 Å². The van der Waals surface area contributed by atoms with Crippen LogP contribution in [0.15, 0.2) is 48.5 Å². The zero-order chi connectivity index (χ0) is 15.5. The second kappa shape index (κ2) is 6.25. The second-order valence-corrected chi connectivity index (χ2v) is 5.32. The Labute approximate surface area is 132 Å². The summed E-state index contributed by atoms with van der Waals surface area (Å²) in [6, 6.07) is 13.7. The molecule has 22 heavy (non-hydrogen) atoms. The first-order valence-electron chi connectivity index (χ1n) is 6.81. The Kier molecular flexibility index (Phi) is 4.18. The van der Waals surface area contributed by atoms with E-state index in [1.807, 2.05) is 18.2 Å². The number of nitrogens with zero attached hydrogens (tertiary/aromatic N) is 3. The van der Waals surface area contributed by atoms with Crippen LogP contribution in [0.5, 0.6) is 0 Å². The number of rotatable bonds is 4. The van der Waals surface area contributed by atoms with E-state index in [-0.39, 0.29) is 12.4 Å². The maximum absolute atomic E-state index is 13.0. The Morgan fingerprint density at radius 1 is 1.14 bits per heavy atom. The first-order chi connectivity index (χ1) is 10.7. The van der Waals surface area contributed by atoms with Crippen LogP contribution in [0.1, 0.15) is 17.0 Å². The minimum Gasteiger partial charge on any atom is -0.325 e. The highest BCUT2D eigenvalue weighted by atomic mass is 35.5. The fraction of sp³-hybridized carbons (Fsp3) is 0.125. The van der Waals surface area contributed by atoms with Crippen molar-refractivity contribution in [2.75, 3.05) is 0 Å². The third-order valence-corrected chi connectivity index (χ3v) is 3.61. The molecule has 0 atom stereocenters. The zero-order valence-electron chi connectivity index (χ0n) is 11.7. The number of nitrogens with two attached hydrogens (primary N) is 1. The smallest absolute Gasteiger partial charge is 0.123 e. The van der Waals surface area contributed by atoms with Crippen molar-refractivity contribution in [1.29, 1.82) is 0 Å². The van der Waals surface area contributed by atoms with Gasteiger partial charge in [-0.05, 0) is 35.9 Å². The predicted molar refractivity (Wildman–Crippen MR) is 83.5 cm³/mol. The summed E-state index contributed by atoms with van der Waals surface area (Å²) in [5, 5.41) is 8.91. The molecule has 0 amide bonds. The van der Waals surface area contributed by atoms with E-state index in [1.54, 1.807) is 22.9 Å². The van der Waals surface area contributed by atoms with Crippen LogP contribution in [0.25, 0.3) is 5.69 Å². The van der Waals surface area contributed by atoms with Gasteiger partial charge < -0.3 is 5.73 Å². The molecule has 0 aliphatic heterocycles. The van der Waals surface area contributed by atoms with E-state index in [0.29, 0.717) is 17.1 Å². The van der Waals surface area contributed by atoms with Gasteiger partial charge in [-0.3, -0.25) is 0 Å². The zero-order valence-corrected chi connectivity index (χ0v) is 12.5. The number of benzene rings is 2. The summed E-state index contributed by atoms with van der Waals surface area (Å²) in [5.41, 5.74) is 9.11. The highest BCUT2D eigenvalue weighted by molar-refractivity contribution is 6.30. The maximum Gasteiger partial charge on any atom is 0.123 e. The van der Waals surface area contributed by atoms with Gasteiger partial charge in [-0.1, -0.05) is 35.0 Å². The van der Waals surface area contributed by atoms with Crippen LogP contribution in [0.2, 0.25) is 5.02 Å². The summed E-state index contributed by atoms with van der Waals surface area (Å²) in [4.78, 5) is 0. The van der Waals surface area contributed by atoms with Crippen LogP contribution in [0, 0.1) is 5.82 Å². The van der Waals surface area contributed by atoms with Gasteiger partial charge in [0.15, 0.2) is 0 Å². The van der Waals surface area contributed by atoms with E-state index in [4.69, 9.17) is 17.3 Å². The molecule has 112 valence electrons. The Hall–Kier alpha value is -2.24. The summed E-state index contributed by atoms with van der Waals surface area (Å²) in [6.07, 6.45) is 0.562. The van der Waals surface area contributed by atoms with Gasteiger partial charge in [-0.2, -0.15) is 0 Å². The largest absolute Gasteiger partial charge is 0.325 e. The summed E-state index contributed by atoms with van der Waals surface area (Å²) in [6.45, 7) is 0.289. The minimum absolute atomic E-state index is 0.260. The highest BCUT2D eigenvalue weighted by Gasteiger charge is 2.14. The maximum atomic E-state index is 13.0.